The largest absolute Gasteiger partial charge is 0.354 e. The standard InChI is InChI=1S/C19H22N2O2/c1-15-8-6-7-9-17(15)14-19(23)20-12-13-21(16(2)22)18-10-4-3-5-11-18/h3-11H,12-14H2,1-2H3,(H,20,23). The third kappa shape index (κ3) is 4.95. The number of amides is 2. The minimum absolute atomic E-state index is 0.0316. The Balaban J connectivity index is 1.86. The molecule has 23 heavy (non-hydrogen) atoms. The number of para-hydroxylation sites is 1. The summed E-state index contributed by atoms with van der Waals surface area (Å²) in [7, 11) is 0. The summed E-state index contributed by atoms with van der Waals surface area (Å²) in [6.07, 6.45) is 0.359. The smallest absolute Gasteiger partial charge is 0.224 e. The average molecular weight is 310 g/mol. The van der Waals surface area contributed by atoms with Crippen LogP contribution in [0.2, 0.25) is 0 Å². The Morgan fingerprint density at radius 1 is 1.00 bits per heavy atom. The van der Waals surface area contributed by atoms with Crippen molar-refractivity contribution in [3.63, 3.8) is 0 Å². The van der Waals surface area contributed by atoms with E-state index in [0.717, 1.165) is 16.8 Å². The predicted molar refractivity (Wildman–Crippen MR) is 92.4 cm³/mol. The van der Waals surface area contributed by atoms with Gasteiger partial charge < -0.3 is 10.2 Å². The van der Waals surface area contributed by atoms with E-state index in [1.807, 2.05) is 61.5 Å². The molecule has 2 amide bonds. The normalized spacial score (nSPS) is 10.2. The highest BCUT2D eigenvalue weighted by molar-refractivity contribution is 5.91. The van der Waals surface area contributed by atoms with Crippen LogP contribution in [0.4, 0.5) is 5.69 Å². The maximum absolute atomic E-state index is 12.0. The summed E-state index contributed by atoms with van der Waals surface area (Å²) in [5.74, 6) is -0.0692. The molecule has 0 saturated carbocycles. The zero-order valence-electron chi connectivity index (χ0n) is 13.6. The number of nitrogens with one attached hydrogen (secondary N) is 1. The predicted octanol–water partition coefficient (Wildman–Crippen LogP) is 2.71. The molecule has 0 aliphatic carbocycles. The number of carbonyl (C=O) groups is 2. The van der Waals surface area contributed by atoms with Gasteiger partial charge in [-0.05, 0) is 30.2 Å². The number of carbonyl (C=O) groups excluding carboxylic acids is 2. The van der Waals surface area contributed by atoms with Crippen LogP contribution >= 0.6 is 0 Å². The topological polar surface area (TPSA) is 49.4 Å². The van der Waals surface area contributed by atoms with Gasteiger partial charge in [0.15, 0.2) is 0 Å². The average Bonchev–Trinajstić information content (AvgIpc) is 2.54. The van der Waals surface area contributed by atoms with Gasteiger partial charge in [-0.25, -0.2) is 0 Å². The summed E-state index contributed by atoms with van der Waals surface area (Å²) < 4.78 is 0. The number of aryl methyl sites for hydroxylation is 1. The lowest BCUT2D eigenvalue weighted by Gasteiger charge is -2.21. The summed E-state index contributed by atoms with van der Waals surface area (Å²) in [4.78, 5) is 25.5. The zero-order valence-corrected chi connectivity index (χ0v) is 13.6. The second kappa shape index (κ2) is 8.13. The Bertz CT molecular complexity index is 668. The lowest BCUT2D eigenvalue weighted by molar-refractivity contribution is -0.121. The number of anilines is 1. The molecule has 0 spiro atoms. The van der Waals surface area contributed by atoms with E-state index in [-0.39, 0.29) is 11.8 Å². The lowest BCUT2D eigenvalue weighted by Crippen LogP contribution is -2.38. The molecular weight excluding hydrogens is 288 g/mol. The third-order valence-electron chi connectivity index (χ3n) is 3.72. The molecule has 0 unspecified atom stereocenters. The molecule has 0 aliphatic heterocycles. The van der Waals surface area contributed by atoms with Gasteiger partial charge in [-0.3, -0.25) is 9.59 Å². The molecule has 2 aromatic carbocycles. The van der Waals surface area contributed by atoms with Gasteiger partial charge >= 0.3 is 0 Å². The second-order valence-corrected chi connectivity index (χ2v) is 5.46. The molecule has 4 heteroatoms. The Morgan fingerprint density at radius 2 is 1.65 bits per heavy atom. The number of hydrogen-bond acceptors (Lipinski definition) is 2. The van der Waals surface area contributed by atoms with Crippen LogP contribution in [0.1, 0.15) is 18.1 Å². The number of nitrogens with zero attached hydrogens (tertiary/aromatic N) is 1. The molecular formula is C19H22N2O2. The van der Waals surface area contributed by atoms with E-state index in [4.69, 9.17) is 0 Å². The van der Waals surface area contributed by atoms with E-state index in [1.165, 1.54) is 6.92 Å². The van der Waals surface area contributed by atoms with E-state index in [2.05, 4.69) is 5.32 Å². The Labute approximate surface area is 137 Å². The first-order valence-electron chi connectivity index (χ1n) is 7.72. The summed E-state index contributed by atoms with van der Waals surface area (Å²) in [6, 6.07) is 17.3. The summed E-state index contributed by atoms with van der Waals surface area (Å²) in [5, 5.41) is 2.88. The molecule has 2 rings (SSSR count). The first-order chi connectivity index (χ1) is 11.1. The molecule has 1 N–H and O–H groups in total. The number of hydrogen-bond donors (Lipinski definition) is 1. The van der Waals surface area contributed by atoms with Crippen LogP contribution in [-0.4, -0.2) is 24.9 Å². The van der Waals surface area contributed by atoms with Crippen LogP contribution in [0, 0.1) is 6.92 Å². The first kappa shape index (κ1) is 16.7. The van der Waals surface area contributed by atoms with E-state index >= 15 is 0 Å². The monoisotopic (exact) mass is 310 g/mol. The number of benzene rings is 2. The first-order valence-corrected chi connectivity index (χ1v) is 7.72. The van der Waals surface area contributed by atoms with Crippen LogP contribution in [0.5, 0.6) is 0 Å². The van der Waals surface area contributed by atoms with Crippen molar-refractivity contribution in [3.05, 3.63) is 65.7 Å². The zero-order chi connectivity index (χ0) is 16.7. The molecule has 0 saturated heterocycles. The summed E-state index contributed by atoms with van der Waals surface area (Å²) in [6.45, 7) is 4.41. The van der Waals surface area contributed by atoms with Gasteiger partial charge in [0.2, 0.25) is 11.8 Å². The van der Waals surface area contributed by atoms with Crippen molar-refractivity contribution in [1.29, 1.82) is 0 Å². The fraction of sp³-hybridized carbons (Fsp3) is 0.263. The van der Waals surface area contributed by atoms with Gasteiger partial charge in [0.1, 0.15) is 0 Å². The molecule has 0 radical (unpaired) electrons. The highest BCUT2D eigenvalue weighted by atomic mass is 16.2. The van der Waals surface area contributed by atoms with Crippen molar-refractivity contribution >= 4 is 17.5 Å². The van der Waals surface area contributed by atoms with Gasteiger partial charge in [-0.15, -0.1) is 0 Å². The van der Waals surface area contributed by atoms with Crippen LogP contribution < -0.4 is 10.2 Å². The molecule has 0 aliphatic rings. The number of rotatable bonds is 6. The van der Waals surface area contributed by atoms with Crippen LogP contribution in [-0.2, 0) is 16.0 Å². The van der Waals surface area contributed by atoms with E-state index in [1.54, 1.807) is 4.90 Å². The van der Waals surface area contributed by atoms with E-state index in [0.29, 0.717) is 19.5 Å². The maximum Gasteiger partial charge on any atom is 0.224 e. The Kier molecular flexibility index (Phi) is 5.92. The van der Waals surface area contributed by atoms with Crippen molar-refractivity contribution in [3.8, 4) is 0 Å². The van der Waals surface area contributed by atoms with Gasteiger partial charge in [-0.1, -0.05) is 42.5 Å². The van der Waals surface area contributed by atoms with Crippen molar-refractivity contribution in [2.75, 3.05) is 18.0 Å². The van der Waals surface area contributed by atoms with Gasteiger partial charge in [0, 0.05) is 25.7 Å². The van der Waals surface area contributed by atoms with Gasteiger partial charge in [0.05, 0.1) is 6.42 Å². The molecule has 0 heterocycles. The molecule has 2 aromatic rings. The summed E-state index contributed by atoms with van der Waals surface area (Å²) >= 11 is 0. The van der Waals surface area contributed by atoms with Crippen LogP contribution in [0.15, 0.2) is 54.6 Å². The fourth-order valence-corrected chi connectivity index (χ4v) is 2.43. The van der Waals surface area contributed by atoms with E-state index in [9.17, 15) is 9.59 Å². The van der Waals surface area contributed by atoms with Gasteiger partial charge in [-0.2, -0.15) is 0 Å². The molecule has 4 nitrogen and oxygen atoms in total. The van der Waals surface area contributed by atoms with Gasteiger partial charge in [0.25, 0.3) is 0 Å². The van der Waals surface area contributed by atoms with E-state index < -0.39 is 0 Å². The quantitative estimate of drug-likeness (QED) is 0.892. The van der Waals surface area contributed by atoms with Crippen molar-refractivity contribution in [2.24, 2.45) is 0 Å². The molecule has 0 bridgehead atoms. The molecule has 120 valence electrons. The van der Waals surface area contributed by atoms with Crippen molar-refractivity contribution in [1.82, 2.24) is 5.32 Å². The third-order valence-corrected chi connectivity index (χ3v) is 3.72. The summed E-state index contributed by atoms with van der Waals surface area (Å²) in [5.41, 5.74) is 2.97. The minimum Gasteiger partial charge on any atom is -0.354 e. The Morgan fingerprint density at radius 3 is 2.30 bits per heavy atom. The maximum atomic E-state index is 12.0. The highest BCUT2D eigenvalue weighted by Crippen LogP contribution is 2.12. The van der Waals surface area contributed by atoms with Crippen LogP contribution in [0.25, 0.3) is 0 Å². The Hall–Kier alpha value is -2.62. The molecule has 0 atom stereocenters. The van der Waals surface area contributed by atoms with Crippen molar-refractivity contribution in [2.45, 2.75) is 20.3 Å². The van der Waals surface area contributed by atoms with Crippen molar-refractivity contribution < 1.29 is 9.59 Å². The molecule has 0 fully saturated rings. The highest BCUT2D eigenvalue weighted by Gasteiger charge is 2.11. The molecule has 0 aromatic heterocycles. The SMILES string of the molecule is CC(=O)N(CCNC(=O)Cc1ccccc1C)c1ccccc1. The van der Waals surface area contributed by atoms with Crippen LogP contribution in [0.3, 0.4) is 0 Å². The lowest BCUT2D eigenvalue weighted by atomic mass is 10.1. The second-order valence-electron chi connectivity index (χ2n) is 5.46. The fourth-order valence-electron chi connectivity index (χ4n) is 2.43. The minimum atomic E-state index is -0.0376.